The minimum atomic E-state index is 0.499. The summed E-state index contributed by atoms with van der Waals surface area (Å²) in [7, 11) is 2.26. The van der Waals surface area contributed by atoms with E-state index >= 15 is 0 Å². The van der Waals surface area contributed by atoms with Gasteiger partial charge in [0, 0.05) is 37.0 Å². The van der Waals surface area contributed by atoms with Crippen molar-refractivity contribution in [1.82, 2.24) is 20.4 Å². The zero-order valence-electron chi connectivity index (χ0n) is 12.8. The summed E-state index contributed by atoms with van der Waals surface area (Å²) in [4.78, 5) is 7.16. The second-order valence-electron chi connectivity index (χ2n) is 6.62. The number of hydrogen-bond acceptors (Lipinski definition) is 5. The summed E-state index contributed by atoms with van der Waals surface area (Å²) in [5.41, 5.74) is 0. The molecule has 112 valence electrons. The van der Waals surface area contributed by atoms with Crippen LogP contribution in [0, 0.1) is 0 Å². The van der Waals surface area contributed by atoms with Gasteiger partial charge < -0.3 is 14.7 Å². The third-order valence-corrected chi connectivity index (χ3v) is 4.84. The molecule has 3 rings (SSSR count). The molecule has 2 unspecified atom stereocenters. The molecule has 0 radical (unpaired) electrons. The van der Waals surface area contributed by atoms with Gasteiger partial charge in [0.1, 0.15) is 0 Å². The highest BCUT2D eigenvalue weighted by atomic mass is 16.5. The van der Waals surface area contributed by atoms with Gasteiger partial charge in [-0.1, -0.05) is 19.0 Å². The number of piperidine rings is 1. The third kappa shape index (κ3) is 2.88. The molecule has 1 N–H and O–H groups in total. The fraction of sp³-hybridized carbons (Fsp3) is 0.867. The van der Waals surface area contributed by atoms with Crippen molar-refractivity contribution >= 4 is 0 Å². The SMILES string of the molecule is CC(C)NCCc1nc(C2CC3CCC(C2)N3C)no1. The molecule has 20 heavy (non-hydrogen) atoms. The van der Waals surface area contributed by atoms with Crippen LogP contribution >= 0.6 is 0 Å². The number of aromatic nitrogens is 2. The van der Waals surface area contributed by atoms with Crippen molar-refractivity contribution in [2.75, 3.05) is 13.6 Å². The highest BCUT2D eigenvalue weighted by Crippen LogP contribution is 2.41. The molecular formula is C15H26N4O. The van der Waals surface area contributed by atoms with Crippen LogP contribution in [-0.2, 0) is 6.42 Å². The quantitative estimate of drug-likeness (QED) is 0.892. The molecule has 5 heteroatoms. The van der Waals surface area contributed by atoms with Crippen LogP contribution in [-0.4, -0.2) is 46.8 Å². The molecule has 5 nitrogen and oxygen atoms in total. The highest BCUT2D eigenvalue weighted by molar-refractivity contribution is 5.05. The molecule has 0 saturated carbocycles. The van der Waals surface area contributed by atoms with Crippen molar-refractivity contribution in [1.29, 1.82) is 0 Å². The summed E-state index contributed by atoms with van der Waals surface area (Å²) in [6.45, 7) is 5.19. The third-order valence-electron chi connectivity index (χ3n) is 4.84. The monoisotopic (exact) mass is 278 g/mol. The molecule has 2 bridgehead atoms. The van der Waals surface area contributed by atoms with Gasteiger partial charge in [-0.15, -0.1) is 0 Å². The summed E-state index contributed by atoms with van der Waals surface area (Å²) in [5, 5.41) is 7.61. The van der Waals surface area contributed by atoms with Gasteiger partial charge in [-0.2, -0.15) is 4.98 Å². The lowest BCUT2D eigenvalue weighted by atomic mass is 9.90. The van der Waals surface area contributed by atoms with E-state index in [1.165, 1.54) is 25.7 Å². The molecule has 0 aliphatic carbocycles. The zero-order valence-corrected chi connectivity index (χ0v) is 12.8. The average molecular weight is 278 g/mol. The van der Waals surface area contributed by atoms with E-state index in [1.54, 1.807) is 0 Å². The first kappa shape index (κ1) is 14.0. The van der Waals surface area contributed by atoms with Crippen molar-refractivity contribution in [3.63, 3.8) is 0 Å². The highest BCUT2D eigenvalue weighted by Gasteiger charge is 2.40. The first-order chi connectivity index (χ1) is 9.63. The first-order valence-corrected chi connectivity index (χ1v) is 7.91. The van der Waals surface area contributed by atoms with Crippen LogP contribution < -0.4 is 5.32 Å². The van der Waals surface area contributed by atoms with Gasteiger partial charge in [-0.3, -0.25) is 0 Å². The van der Waals surface area contributed by atoms with Crippen molar-refractivity contribution in [3.05, 3.63) is 11.7 Å². The minimum Gasteiger partial charge on any atom is -0.339 e. The topological polar surface area (TPSA) is 54.2 Å². The molecule has 2 aliphatic heterocycles. The zero-order chi connectivity index (χ0) is 14.1. The predicted octanol–water partition coefficient (Wildman–Crippen LogP) is 1.95. The van der Waals surface area contributed by atoms with Crippen LogP contribution in [0.5, 0.6) is 0 Å². The molecule has 2 fully saturated rings. The Bertz CT molecular complexity index is 431. The standard InChI is InChI=1S/C15H26N4O/c1-10(2)16-7-6-14-17-15(18-20-14)11-8-12-4-5-13(9-11)19(12)3/h10-13,16H,4-9H2,1-3H3. The summed E-state index contributed by atoms with van der Waals surface area (Å²) in [5.74, 6) is 2.22. The second kappa shape index (κ2) is 5.82. The molecule has 0 amide bonds. The number of nitrogens with one attached hydrogen (secondary N) is 1. The number of hydrogen-bond donors (Lipinski definition) is 1. The molecule has 2 aliphatic rings. The van der Waals surface area contributed by atoms with Gasteiger partial charge in [-0.05, 0) is 32.7 Å². The lowest BCUT2D eigenvalue weighted by molar-refractivity contribution is 0.157. The van der Waals surface area contributed by atoms with Crippen molar-refractivity contribution in [3.8, 4) is 0 Å². The Kier molecular flexibility index (Phi) is 4.08. The van der Waals surface area contributed by atoms with Gasteiger partial charge >= 0.3 is 0 Å². The van der Waals surface area contributed by atoms with E-state index in [1.807, 2.05) is 0 Å². The van der Waals surface area contributed by atoms with E-state index in [0.717, 1.165) is 36.8 Å². The fourth-order valence-corrected chi connectivity index (χ4v) is 3.63. The Labute approximate surface area is 121 Å². The Morgan fingerprint density at radius 2 is 2.00 bits per heavy atom. The number of rotatable bonds is 5. The minimum absolute atomic E-state index is 0.499. The maximum atomic E-state index is 5.40. The van der Waals surface area contributed by atoms with E-state index in [-0.39, 0.29) is 0 Å². The Morgan fingerprint density at radius 1 is 1.30 bits per heavy atom. The average Bonchev–Trinajstić information content (AvgIpc) is 2.92. The van der Waals surface area contributed by atoms with E-state index in [2.05, 4.69) is 41.3 Å². The van der Waals surface area contributed by atoms with Crippen LogP contribution in [0.15, 0.2) is 4.52 Å². The van der Waals surface area contributed by atoms with Gasteiger partial charge in [0.2, 0.25) is 5.89 Å². The molecule has 3 heterocycles. The van der Waals surface area contributed by atoms with Gasteiger partial charge in [-0.25, -0.2) is 0 Å². The van der Waals surface area contributed by atoms with E-state index in [0.29, 0.717) is 12.0 Å². The van der Waals surface area contributed by atoms with Crippen LogP contribution in [0.1, 0.15) is 57.2 Å². The predicted molar refractivity (Wildman–Crippen MR) is 77.7 cm³/mol. The lowest BCUT2D eigenvalue weighted by Crippen LogP contribution is -2.39. The van der Waals surface area contributed by atoms with Gasteiger partial charge in [0.15, 0.2) is 5.82 Å². The lowest BCUT2D eigenvalue weighted by Gasteiger charge is -2.34. The van der Waals surface area contributed by atoms with E-state index in [9.17, 15) is 0 Å². The van der Waals surface area contributed by atoms with E-state index < -0.39 is 0 Å². The number of fused-ring (bicyclic) bond motifs is 2. The van der Waals surface area contributed by atoms with Crippen LogP contribution in [0.3, 0.4) is 0 Å². The Morgan fingerprint density at radius 3 is 2.65 bits per heavy atom. The molecule has 2 atom stereocenters. The smallest absolute Gasteiger partial charge is 0.227 e. The second-order valence-corrected chi connectivity index (χ2v) is 6.62. The van der Waals surface area contributed by atoms with Crippen molar-refractivity contribution in [2.24, 2.45) is 0 Å². The van der Waals surface area contributed by atoms with Crippen LogP contribution in [0.4, 0.5) is 0 Å². The fourth-order valence-electron chi connectivity index (χ4n) is 3.63. The van der Waals surface area contributed by atoms with Crippen LogP contribution in [0.25, 0.3) is 0 Å². The molecule has 0 spiro atoms. The largest absolute Gasteiger partial charge is 0.339 e. The summed E-state index contributed by atoms with van der Waals surface area (Å²) in [6.07, 6.45) is 5.87. The van der Waals surface area contributed by atoms with Crippen molar-refractivity contribution < 1.29 is 4.52 Å². The maximum absolute atomic E-state index is 5.40. The summed E-state index contributed by atoms with van der Waals surface area (Å²) < 4.78 is 5.40. The van der Waals surface area contributed by atoms with Crippen LogP contribution in [0.2, 0.25) is 0 Å². The van der Waals surface area contributed by atoms with E-state index in [4.69, 9.17) is 4.52 Å². The Hall–Kier alpha value is -0.940. The summed E-state index contributed by atoms with van der Waals surface area (Å²) in [6, 6.07) is 1.95. The maximum Gasteiger partial charge on any atom is 0.227 e. The molecule has 0 aromatic carbocycles. The van der Waals surface area contributed by atoms with Crippen molar-refractivity contribution in [2.45, 2.75) is 70.0 Å². The number of nitrogens with zero attached hydrogens (tertiary/aromatic N) is 3. The summed E-state index contributed by atoms with van der Waals surface area (Å²) >= 11 is 0. The molecule has 1 aromatic heterocycles. The molecule has 1 aromatic rings. The van der Waals surface area contributed by atoms with Gasteiger partial charge in [0.05, 0.1) is 0 Å². The molecular weight excluding hydrogens is 252 g/mol. The Balaban J connectivity index is 1.57. The molecule has 2 saturated heterocycles. The first-order valence-electron chi connectivity index (χ1n) is 7.91. The normalized spacial score (nSPS) is 30.3. The van der Waals surface area contributed by atoms with Gasteiger partial charge in [0.25, 0.3) is 0 Å².